The molecule has 2 N–H and O–H groups in total. The molecule has 0 atom stereocenters. The van der Waals surface area contributed by atoms with Crippen molar-refractivity contribution in [1.82, 2.24) is 5.32 Å². The van der Waals surface area contributed by atoms with Gasteiger partial charge in [0, 0.05) is 24.7 Å². The summed E-state index contributed by atoms with van der Waals surface area (Å²) in [7, 11) is 0. The van der Waals surface area contributed by atoms with Gasteiger partial charge in [-0.15, -0.1) is 0 Å². The standard InChI is InChI=1S/C13H17N3O/c1-10(2)16-13(17)7-8-15-12-5-3-11(9-14)4-6-12/h3-6,10,15H,7-8H2,1-2H3,(H,16,17). The van der Waals surface area contributed by atoms with Gasteiger partial charge >= 0.3 is 0 Å². The number of carbonyl (C=O) groups is 1. The second-order valence-corrected chi connectivity index (χ2v) is 4.09. The molecule has 17 heavy (non-hydrogen) atoms. The predicted molar refractivity (Wildman–Crippen MR) is 67.5 cm³/mol. The first-order chi connectivity index (χ1) is 8.11. The summed E-state index contributed by atoms with van der Waals surface area (Å²) >= 11 is 0. The van der Waals surface area contributed by atoms with E-state index in [4.69, 9.17) is 5.26 Å². The quantitative estimate of drug-likeness (QED) is 0.813. The molecule has 0 spiro atoms. The monoisotopic (exact) mass is 231 g/mol. The van der Waals surface area contributed by atoms with Crippen LogP contribution >= 0.6 is 0 Å². The fraction of sp³-hybridized carbons (Fsp3) is 0.385. The lowest BCUT2D eigenvalue weighted by Crippen LogP contribution is -2.31. The first-order valence-electron chi connectivity index (χ1n) is 5.65. The Kier molecular flexibility index (Phi) is 5.02. The number of rotatable bonds is 5. The molecule has 1 aromatic rings. The van der Waals surface area contributed by atoms with E-state index in [2.05, 4.69) is 16.7 Å². The molecule has 0 bridgehead atoms. The van der Waals surface area contributed by atoms with Crippen LogP contribution in [0.15, 0.2) is 24.3 Å². The maximum absolute atomic E-state index is 11.3. The topological polar surface area (TPSA) is 64.9 Å². The highest BCUT2D eigenvalue weighted by Gasteiger charge is 2.02. The fourth-order valence-electron chi connectivity index (χ4n) is 1.38. The summed E-state index contributed by atoms with van der Waals surface area (Å²) < 4.78 is 0. The summed E-state index contributed by atoms with van der Waals surface area (Å²) in [6.45, 7) is 4.46. The van der Waals surface area contributed by atoms with Crippen LogP contribution in [-0.2, 0) is 4.79 Å². The van der Waals surface area contributed by atoms with Crippen LogP contribution in [0.1, 0.15) is 25.8 Å². The van der Waals surface area contributed by atoms with Crippen molar-refractivity contribution >= 4 is 11.6 Å². The second-order valence-electron chi connectivity index (χ2n) is 4.09. The number of carbonyl (C=O) groups excluding carboxylic acids is 1. The number of nitriles is 1. The molecule has 90 valence electrons. The van der Waals surface area contributed by atoms with E-state index in [0.717, 1.165) is 5.69 Å². The average molecular weight is 231 g/mol. The Morgan fingerprint density at radius 2 is 2.00 bits per heavy atom. The van der Waals surface area contributed by atoms with Gasteiger partial charge in [0.2, 0.25) is 5.91 Å². The molecule has 1 amide bonds. The maximum atomic E-state index is 11.3. The first-order valence-corrected chi connectivity index (χ1v) is 5.65. The molecule has 0 saturated heterocycles. The van der Waals surface area contributed by atoms with Gasteiger partial charge in [-0.3, -0.25) is 4.79 Å². The van der Waals surface area contributed by atoms with Crippen molar-refractivity contribution in [2.45, 2.75) is 26.3 Å². The SMILES string of the molecule is CC(C)NC(=O)CCNc1ccc(C#N)cc1. The number of benzene rings is 1. The van der Waals surface area contributed by atoms with Gasteiger partial charge in [0.25, 0.3) is 0 Å². The van der Waals surface area contributed by atoms with Crippen molar-refractivity contribution in [2.24, 2.45) is 0 Å². The molecular formula is C13H17N3O. The molecule has 1 aromatic carbocycles. The van der Waals surface area contributed by atoms with Crippen LogP contribution in [0.5, 0.6) is 0 Å². The van der Waals surface area contributed by atoms with Gasteiger partial charge in [-0.05, 0) is 38.1 Å². The summed E-state index contributed by atoms with van der Waals surface area (Å²) in [5.41, 5.74) is 1.55. The number of hydrogen-bond donors (Lipinski definition) is 2. The van der Waals surface area contributed by atoms with Gasteiger partial charge < -0.3 is 10.6 Å². The molecule has 0 radical (unpaired) electrons. The molecule has 0 fully saturated rings. The van der Waals surface area contributed by atoms with Crippen molar-refractivity contribution in [1.29, 1.82) is 5.26 Å². The molecule has 0 aliphatic rings. The minimum Gasteiger partial charge on any atom is -0.385 e. The lowest BCUT2D eigenvalue weighted by Gasteiger charge is -2.09. The lowest BCUT2D eigenvalue weighted by molar-refractivity contribution is -0.121. The van der Waals surface area contributed by atoms with Crippen LogP contribution in [-0.4, -0.2) is 18.5 Å². The summed E-state index contributed by atoms with van der Waals surface area (Å²) in [5.74, 6) is 0.0427. The molecule has 1 rings (SSSR count). The Hall–Kier alpha value is -2.02. The predicted octanol–water partition coefficient (Wildman–Crippen LogP) is 1.88. The number of hydrogen-bond acceptors (Lipinski definition) is 3. The molecule has 0 unspecified atom stereocenters. The van der Waals surface area contributed by atoms with Crippen molar-refractivity contribution < 1.29 is 4.79 Å². The second kappa shape index (κ2) is 6.54. The van der Waals surface area contributed by atoms with E-state index in [1.807, 2.05) is 26.0 Å². The van der Waals surface area contributed by atoms with E-state index in [0.29, 0.717) is 18.5 Å². The highest BCUT2D eigenvalue weighted by Crippen LogP contribution is 2.08. The Morgan fingerprint density at radius 1 is 1.35 bits per heavy atom. The maximum Gasteiger partial charge on any atom is 0.221 e. The largest absolute Gasteiger partial charge is 0.385 e. The lowest BCUT2D eigenvalue weighted by atomic mass is 10.2. The van der Waals surface area contributed by atoms with Crippen LogP contribution in [0.25, 0.3) is 0 Å². The fourth-order valence-corrected chi connectivity index (χ4v) is 1.38. The van der Waals surface area contributed by atoms with E-state index in [-0.39, 0.29) is 11.9 Å². The zero-order valence-corrected chi connectivity index (χ0v) is 10.2. The molecule has 0 saturated carbocycles. The molecular weight excluding hydrogens is 214 g/mol. The summed E-state index contributed by atoms with van der Waals surface area (Å²) in [6, 6.07) is 9.39. The van der Waals surface area contributed by atoms with Crippen LogP contribution in [0.2, 0.25) is 0 Å². The van der Waals surface area contributed by atoms with Crippen LogP contribution in [0.3, 0.4) is 0 Å². The van der Waals surface area contributed by atoms with Gasteiger partial charge in [0.05, 0.1) is 11.6 Å². The van der Waals surface area contributed by atoms with Gasteiger partial charge in [-0.1, -0.05) is 0 Å². The minimum atomic E-state index is 0.0427. The van der Waals surface area contributed by atoms with Crippen molar-refractivity contribution in [2.75, 3.05) is 11.9 Å². The number of anilines is 1. The van der Waals surface area contributed by atoms with Gasteiger partial charge in [0.15, 0.2) is 0 Å². The van der Waals surface area contributed by atoms with Gasteiger partial charge in [0.1, 0.15) is 0 Å². The zero-order chi connectivity index (χ0) is 12.7. The molecule has 0 heterocycles. The van der Waals surface area contributed by atoms with Crippen LogP contribution in [0, 0.1) is 11.3 Å². The van der Waals surface area contributed by atoms with Crippen molar-refractivity contribution in [3.05, 3.63) is 29.8 Å². The Morgan fingerprint density at radius 3 is 2.53 bits per heavy atom. The Balaban J connectivity index is 2.31. The van der Waals surface area contributed by atoms with Crippen molar-refractivity contribution in [3.8, 4) is 6.07 Å². The van der Waals surface area contributed by atoms with Crippen LogP contribution in [0.4, 0.5) is 5.69 Å². The van der Waals surface area contributed by atoms with E-state index in [1.165, 1.54) is 0 Å². The van der Waals surface area contributed by atoms with Crippen molar-refractivity contribution in [3.63, 3.8) is 0 Å². The van der Waals surface area contributed by atoms with E-state index < -0.39 is 0 Å². The van der Waals surface area contributed by atoms with E-state index >= 15 is 0 Å². The molecule has 0 aliphatic carbocycles. The summed E-state index contributed by atoms with van der Waals surface area (Å²) in [4.78, 5) is 11.3. The number of nitrogens with zero attached hydrogens (tertiary/aromatic N) is 1. The molecule has 0 aliphatic heterocycles. The van der Waals surface area contributed by atoms with Gasteiger partial charge in [-0.25, -0.2) is 0 Å². The highest BCUT2D eigenvalue weighted by molar-refractivity contribution is 5.76. The Bertz CT molecular complexity index is 404. The van der Waals surface area contributed by atoms with Crippen LogP contribution < -0.4 is 10.6 Å². The third-order valence-electron chi connectivity index (χ3n) is 2.14. The Labute approximate surface area is 102 Å². The summed E-state index contributed by atoms with van der Waals surface area (Å²) in [6.07, 6.45) is 0.443. The molecule has 4 nitrogen and oxygen atoms in total. The number of nitrogens with one attached hydrogen (secondary N) is 2. The molecule has 0 aromatic heterocycles. The third kappa shape index (κ3) is 5.03. The minimum absolute atomic E-state index is 0.0427. The normalized spacial score (nSPS) is 9.76. The zero-order valence-electron chi connectivity index (χ0n) is 10.2. The highest BCUT2D eigenvalue weighted by atomic mass is 16.1. The average Bonchev–Trinajstić information content (AvgIpc) is 2.29. The smallest absolute Gasteiger partial charge is 0.221 e. The summed E-state index contributed by atoms with van der Waals surface area (Å²) in [5, 5.41) is 14.6. The van der Waals surface area contributed by atoms with E-state index in [1.54, 1.807) is 12.1 Å². The van der Waals surface area contributed by atoms with Gasteiger partial charge in [-0.2, -0.15) is 5.26 Å². The molecule has 4 heteroatoms. The first kappa shape index (κ1) is 13.0. The third-order valence-corrected chi connectivity index (χ3v) is 2.14. The van der Waals surface area contributed by atoms with E-state index in [9.17, 15) is 4.79 Å². The number of amides is 1.